The molecular formula is C30H33FN6O3. The smallest absolute Gasteiger partial charge is 0.341 e. The molecule has 0 radical (unpaired) electrons. The Kier molecular flexibility index (Phi) is 6.64. The van der Waals surface area contributed by atoms with Crippen molar-refractivity contribution in [1.82, 2.24) is 29.3 Å². The summed E-state index contributed by atoms with van der Waals surface area (Å²) >= 11 is 0. The Bertz CT molecular complexity index is 1600. The van der Waals surface area contributed by atoms with Gasteiger partial charge in [0.05, 0.1) is 35.4 Å². The maximum atomic E-state index is 15.5. The molecule has 2 aliphatic rings. The molecule has 9 nitrogen and oxygen atoms in total. The SMILES string of the molecule is CCOC(=O)c1cnn(-c2ccc(-c3cc4nc(C(=O)N5CCCCC[C@H]5C)cc(C5(C)CC5)n4n3)c(F)c2)c1. The third-order valence-electron chi connectivity index (χ3n) is 8.17. The van der Waals surface area contributed by atoms with Crippen molar-refractivity contribution in [1.29, 1.82) is 0 Å². The molecule has 1 aliphatic carbocycles. The van der Waals surface area contributed by atoms with Gasteiger partial charge in [-0.1, -0.05) is 19.8 Å². The summed E-state index contributed by atoms with van der Waals surface area (Å²) in [5.41, 5.74) is 3.28. The number of amides is 1. The summed E-state index contributed by atoms with van der Waals surface area (Å²) in [5.74, 6) is -1.02. The Balaban J connectivity index is 1.35. The van der Waals surface area contributed by atoms with Crippen molar-refractivity contribution >= 4 is 17.5 Å². The molecule has 1 saturated carbocycles. The fourth-order valence-electron chi connectivity index (χ4n) is 5.45. The maximum absolute atomic E-state index is 15.5. The lowest BCUT2D eigenvalue weighted by Crippen LogP contribution is -2.39. The Hall–Kier alpha value is -4.08. The van der Waals surface area contributed by atoms with Gasteiger partial charge in [0.1, 0.15) is 11.5 Å². The van der Waals surface area contributed by atoms with Crippen molar-refractivity contribution in [2.24, 2.45) is 0 Å². The first kappa shape index (κ1) is 26.2. The number of rotatable bonds is 6. The van der Waals surface area contributed by atoms with Gasteiger partial charge in [-0.2, -0.15) is 10.2 Å². The quantitative estimate of drug-likeness (QED) is 0.304. The maximum Gasteiger partial charge on any atom is 0.341 e. The molecule has 6 rings (SSSR count). The molecule has 3 aromatic heterocycles. The van der Waals surface area contributed by atoms with E-state index in [2.05, 4.69) is 18.9 Å². The van der Waals surface area contributed by atoms with E-state index in [9.17, 15) is 9.59 Å². The van der Waals surface area contributed by atoms with Gasteiger partial charge >= 0.3 is 5.97 Å². The molecule has 1 atom stereocenters. The molecule has 40 heavy (non-hydrogen) atoms. The van der Waals surface area contributed by atoms with Crippen LogP contribution in [0.25, 0.3) is 22.6 Å². The Morgan fingerprint density at radius 3 is 2.73 bits per heavy atom. The van der Waals surface area contributed by atoms with E-state index >= 15 is 4.39 Å². The summed E-state index contributed by atoms with van der Waals surface area (Å²) in [6.07, 6.45) is 9.14. The standard InChI is InChI=1S/C30H33FN6O3/c1-4-40-29(39)20-17-32-36(18-20)21-9-10-22(23(31)14-21)24-16-27-33-25(15-26(37(27)34-24)30(3)11-12-30)28(38)35-13-7-5-6-8-19(35)2/h9-10,14-19H,4-8,11-13H2,1-3H3/t19-/m1/s1. The molecule has 1 aromatic carbocycles. The summed E-state index contributed by atoms with van der Waals surface area (Å²) < 4.78 is 23.6. The molecule has 4 heterocycles. The number of aromatic nitrogens is 5. The van der Waals surface area contributed by atoms with Crippen molar-refractivity contribution in [2.75, 3.05) is 13.2 Å². The van der Waals surface area contributed by atoms with Crippen LogP contribution in [0.5, 0.6) is 0 Å². The van der Waals surface area contributed by atoms with E-state index in [1.807, 2.05) is 11.0 Å². The zero-order chi connectivity index (χ0) is 28.0. The topological polar surface area (TPSA) is 94.6 Å². The number of fused-ring (bicyclic) bond motifs is 1. The van der Waals surface area contributed by atoms with Gasteiger partial charge in [-0.3, -0.25) is 4.79 Å². The lowest BCUT2D eigenvalue weighted by Gasteiger charge is -2.27. The molecule has 1 amide bonds. The van der Waals surface area contributed by atoms with Crippen LogP contribution < -0.4 is 0 Å². The monoisotopic (exact) mass is 544 g/mol. The highest BCUT2D eigenvalue weighted by Crippen LogP contribution is 2.47. The van der Waals surface area contributed by atoms with Crippen molar-refractivity contribution in [3.63, 3.8) is 0 Å². The largest absolute Gasteiger partial charge is 0.462 e. The van der Waals surface area contributed by atoms with Crippen molar-refractivity contribution in [2.45, 2.75) is 70.8 Å². The molecule has 0 N–H and O–H groups in total. The van der Waals surface area contributed by atoms with Crippen LogP contribution in [0.15, 0.2) is 42.7 Å². The number of carbonyl (C=O) groups excluding carboxylic acids is 2. The molecule has 1 saturated heterocycles. The molecule has 10 heteroatoms. The van der Waals surface area contributed by atoms with Crippen LogP contribution in [0.1, 0.15) is 85.8 Å². The van der Waals surface area contributed by atoms with Crippen molar-refractivity contribution in [3.05, 3.63) is 65.5 Å². The zero-order valence-electron chi connectivity index (χ0n) is 23.1. The summed E-state index contributed by atoms with van der Waals surface area (Å²) in [5, 5.41) is 8.92. The number of nitrogens with zero attached hydrogens (tertiary/aromatic N) is 6. The highest BCUT2D eigenvalue weighted by atomic mass is 19.1. The summed E-state index contributed by atoms with van der Waals surface area (Å²) in [4.78, 5) is 32.3. The molecule has 0 spiro atoms. The second kappa shape index (κ2) is 10.1. The summed E-state index contributed by atoms with van der Waals surface area (Å²) in [6, 6.07) is 8.51. The van der Waals surface area contributed by atoms with Gasteiger partial charge < -0.3 is 9.64 Å². The van der Waals surface area contributed by atoms with Gasteiger partial charge in [0.2, 0.25) is 0 Å². The molecule has 4 aromatic rings. The molecule has 1 aliphatic heterocycles. The highest BCUT2D eigenvalue weighted by Gasteiger charge is 2.42. The number of esters is 1. The van der Waals surface area contributed by atoms with E-state index in [0.717, 1.165) is 50.8 Å². The Labute approximate surface area is 232 Å². The molecule has 208 valence electrons. The first-order valence-corrected chi connectivity index (χ1v) is 14.0. The predicted molar refractivity (Wildman–Crippen MR) is 147 cm³/mol. The van der Waals surface area contributed by atoms with Crippen LogP contribution in [-0.4, -0.2) is 60.3 Å². The van der Waals surface area contributed by atoms with Crippen LogP contribution in [-0.2, 0) is 10.2 Å². The normalized spacial score (nSPS) is 18.5. The molecule has 2 fully saturated rings. The second-order valence-electron chi connectivity index (χ2n) is 11.1. The van der Waals surface area contributed by atoms with Crippen molar-refractivity contribution < 1.29 is 18.7 Å². The average Bonchev–Trinajstić information content (AvgIpc) is 3.36. The third-order valence-corrected chi connectivity index (χ3v) is 8.17. The van der Waals surface area contributed by atoms with Gasteiger partial charge in [0, 0.05) is 41.9 Å². The van der Waals surface area contributed by atoms with Crippen LogP contribution in [0.3, 0.4) is 0 Å². The first-order chi connectivity index (χ1) is 19.3. The van der Waals surface area contributed by atoms with E-state index in [-0.39, 0.29) is 24.0 Å². The lowest BCUT2D eigenvalue weighted by atomic mass is 10.0. The first-order valence-electron chi connectivity index (χ1n) is 14.0. The van der Waals surface area contributed by atoms with Crippen LogP contribution >= 0.6 is 0 Å². The fourth-order valence-corrected chi connectivity index (χ4v) is 5.45. The highest BCUT2D eigenvalue weighted by molar-refractivity contribution is 5.93. The molecule has 0 unspecified atom stereocenters. The Morgan fingerprint density at radius 2 is 1.98 bits per heavy atom. The van der Waals surface area contributed by atoms with Gasteiger partial charge in [0.15, 0.2) is 5.65 Å². The van der Waals surface area contributed by atoms with Gasteiger partial charge in [-0.15, -0.1) is 0 Å². The predicted octanol–water partition coefficient (Wildman–Crippen LogP) is 5.35. The Morgan fingerprint density at radius 1 is 1.15 bits per heavy atom. The number of hydrogen-bond donors (Lipinski definition) is 0. The van der Waals surface area contributed by atoms with Crippen LogP contribution in [0.4, 0.5) is 4.39 Å². The summed E-state index contributed by atoms with van der Waals surface area (Å²) in [7, 11) is 0. The second-order valence-corrected chi connectivity index (χ2v) is 11.1. The molecular weight excluding hydrogens is 511 g/mol. The van der Waals surface area contributed by atoms with Gasteiger partial charge in [0.25, 0.3) is 5.91 Å². The van der Waals surface area contributed by atoms with Crippen LogP contribution in [0.2, 0.25) is 0 Å². The number of likely N-dealkylation sites (tertiary alicyclic amines) is 1. The number of benzene rings is 1. The number of ether oxygens (including phenoxy) is 1. The minimum Gasteiger partial charge on any atom is -0.462 e. The third kappa shape index (κ3) is 4.76. The van der Waals surface area contributed by atoms with Gasteiger partial charge in [-0.05, 0) is 57.7 Å². The zero-order valence-corrected chi connectivity index (χ0v) is 23.1. The van der Waals surface area contributed by atoms with E-state index in [4.69, 9.17) is 14.8 Å². The summed E-state index contributed by atoms with van der Waals surface area (Å²) in [6.45, 7) is 6.99. The number of halogens is 1. The minimum atomic E-state index is -0.483. The lowest BCUT2D eigenvalue weighted by molar-refractivity contribution is 0.0526. The molecule has 0 bridgehead atoms. The minimum absolute atomic E-state index is 0.0536. The van der Waals surface area contributed by atoms with E-state index in [1.54, 1.807) is 29.6 Å². The van der Waals surface area contributed by atoms with E-state index < -0.39 is 11.8 Å². The van der Waals surface area contributed by atoms with E-state index in [1.165, 1.54) is 23.1 Å². The number of hydrogen-bond acceptors (Lipinski definition) is 6. The average molecular weight is 545 g/mol. The fraction of sp³-hybridized carbons (Fsp3) is 0.433. The van der Waals surface area contributed by atoms with Crippen LogP contribution in [0, 0.1) is 5.82 Å². The van der Waals surface area contributed by atoms with Gasteiger partial charge in [-0.25, -0.2) is 23.4 Å². The number of carbonyl (C=O) groups is 2. The van der Waals surface area contributed by atoms with Crippen molar-refractivity contribution in [3.8, 4) is 16.9 Å². The van der Waals surface area contributed by atoms with E-state index in [0.29, 0.717) is 33.8 Å².